The standard InChI is InChI=1S/C18H20ClNO4/c1-10(2)23-18(22)12-5-4-8-20-13(12)9-11(3)16(20)17(21)14-6-7-15(19)24-14/h6-7,9-10,12H,4-5,8H2,1-3H3. The topological polar surface area (TPSA) is 61.4 Å². The Morgan fingerprint density at radius 3 is 2.75 bits per heavy atom. The molecule has 5 nitrogen and oxygen atoms in total. The third-order valence-corrected chi connectivity index (χ3v) is 4.40. The van der Waals surface area contributed by atoms with Gasteiger partial charge in [0.2, 0.25) is 5.78 Å². The first-order valence-electron chi connectivity index (χ1n) is 8.09. The van der Waals surface area contributed by atoms with Crippen LogP contribution in [-0.2, 0) is 16.1 Å². The van der Waals surface area contributed by atoms with Gasteiger partial charge in [-0.05, 0) is 69.0 Å². The lowest BCUT2D eigenvalue weighted by atomic mass is 9.96. The van der Waals surface area contributed by atoms with Crippen molar-refractivity contribution in [2.45, 2.75) is 52.2 Å². The second kappa shape index (κ2) is 6.48. The van der Waals surface area contributed by atoms with Gasteiger partial charge in [0.15, 0.2) is 11.0 Å². The smallest absolute Gasteiger partial charge is 0.315 e. The molecule has 0 aliphatic carbocycles. The van der Waals surface area contributed by atoms with E-state index in [9.17, 15) is 9.59 Å². The molecule has 1 unspecified atom stereocenters. The van der Waals surface area contributed by atoms with Crippen molar-refractivity contribution in [1.82, 2.24) is 4.57 Å². The van der Waals surface area contributed by atoms with Gasteiger partial charge in [0.05, 0.1) is 17.7 Å². The number of ether oxygens (including phenoxy) is 1. The van der Waals surface area contributed by atoms with Crippen LogP contribution in [0.5, 0.6) is 0 Å². The highest BCUT2D eigenvalue weighted by atomic mass is 35.5. The summed E-state index contributed by atoms with van der Waals surface area (Å²) in [6.45, 7) is 6.24. The molecule has 1 atom stereocenters. The molecule has 0 bridgehead atoms. The van der Waals surface area contributed by atoms with E-state index in [1.165, 1.54) is 0 Å². The predicted molar refractivity (Wildman–Crippen MR) is 89.5 cm³/mol. The van der Waals surface area contributed by atoms with Crippen LogP contribution in [0.4, 0.5) is 0 Å². The van der Waals surface area contributed by atoms with E-state index in [0.29, 0.717) is 12.2 Å². The van der Waals surface area contributed by atoms with Gasteiger partial charge in [-0.25, -0.2) is 0 Å². The summed E-state index contributed by atoms with van der Waals surface area (Å²) in [4.78, 5) is 25.2. The Morgan fingerprint density at radius 2 is 2.12 bits per heavy atom. The molecule has 3 rings (SSSR count). The molecule has 0 fully saturated rings. The fraction of sp³-hybridized carbons (Fsp3) is 0.444. The van der Waals surface area contributed by atoms with Crippen molar-refractivity contribution in [3.63, 3.8) is 0 Å². The van der Waals surface area contributed by atoms with Gasteiger partial charge >= 0.3 is 5.97 Å². The second-order valence-corrected chi connectivity index (χ2v) is 6.74. The van der Waals surface area contributed by atoms with Crippen LogP contribution in [0.15, 0.2) is 22.6 Å². The van der Waals surface area contributed by atoms with Crippen molar-refractivity contribution < 1.29 is 18.7 Å². The zero-order chi connectivity index (χ0) is 17.4. The van der Waals surface area contributed by atoms with Crippen molar-refractivity contribution in [1.29, 1.82) is 0 Å². The minimum absolute atomic E-state index is 0.157. The summed E-state index contributed by atoms with van der Waals surface area (Å²) >= 11 is 5.78. The van der Waals surface area contributed by atoms with Crippen LogP contribution in [0.2, 0.25) is 5.22 Å². The molecule has 0 saturated heterocycles. The number of nitrogens with zero attached hydrogens (tertiary/aromatic N) is 1. The molecule has 0 radical (unpaired) electrons. The molecule has 0 N–H and O–H groups in total. The minimum atomic E-state index is -0.332. The number of halogens is 1. The fourth-order valence-corrected chi connectivity index (χ4v) is 3.39. The summed E-state index contributed by atoms with van der Waals surface area (Å²) in [6.07, 6.45) is 1.39. The first kappa shape index (κ1) is 16.8. The number of hydrogen-bond donors (Lipinski definition) is 0. The van der Waals surface area contributed by atoms with Gasteiger partial charge < -0.3 is 13.7 Å². The summed E-state index contributed by atoms with van der Waals surface area (Å²) in [5.74, 6) is -0.579. The van der Waals surface area contributed by atoms with E-state index in [0.717, 1.165) is 24.1 Å². The Bertz CT molecular complexity index is 787. The molecule has 0 saturated carbocycles. The summed E-state index contributed by atoms with van der Waals surface area (Å²) in [5, 5.41) is 0.180. The van der Waals surface area contributed by atoms with Crippen LogP contribution in [0, 0.1) is 6.92 Å². The largest absolute Gasteiger partial charge is 0.462 e. The summed E-state index contributed by atoms with van der Waals surface area (Å²) in [7, 11) is 0. The molecule has 2 aromatic heterocycles. The molecule has 2 aromatic rings. The quantitative estimate of drug-likeness (QED) is 0.615. The molecule has 6 heteroatoms. The average molecular weight is 350 g/mol. The Hall–Kier alpha value is -2.01. The summed E-state index contributed by atoms with van der Waals surface area (Å²) in [5.41, 5.74) is 2.22. The van der Waals surface area contributed by atoms with Crippen LogP contribution in [-0.4, -0.2) is 22.4 Å². The van der Waals surface area contributed by atoms with Crippen molar-refractivity contribution in [3.05, 3.63) is 46.1 Å². The van der Waals surface area contributed by atoms with Crippen molar-refractivity contribution in [2.24, 2.45) is 0 Å². The van der Waals surface area contributed by atoms with Gasteiger partial charge in [0.1, 0.15) is 0 Å². The van der Waals surface area contributed by atoms with Gasteiger partial charge in [0.25, 0.3) is 0 Å². The fourth-order valence-electron chi connectivity index (χ4n) is 3.25. The van der Waals surface area contributed by atoms with E-state index >= 15 is 0 Å². The SMILES string of the molecule is Cc1cc2n(c1C(=O)c1ccc(Cl)o1)CCCC2C(=O)OC(C)C. The molecule has 128 valence electrons. The maximum Gasteiger partial charge on any atom is 0.315 e. The van der Waals surface area contributed by atoms with Gasteiger partial charge in [-0.15, -0.1) is 0 Å². The molecule has 1 aliphatic rings. The number of furan rings is 1. The number of fused-ring (bicyclic) bond motifs is 1. The normalized spacial score (nSPS) is 17.0. The molecule has 24 heavy (non-hydrogen) atoms. The highest BCUT2D eigenvalue weighted by molar-refractivity contribution is 6.29. The Kier molecular flexibility index (Phi) is 4.54. The number of hydrogen-bond acceptors (Lipinski definition) is 4. The number of carbonyl (C=O) groups excluding carboxylic acids is 2. The predicted octanol–water partition coefficient (Wildman–Crippen LogP) is 4.10. The Morgan fingerprint density at radius 1 is 1.38 bits per heavy atom. The van der Waals surface area contributed by atoms with Gasteiger partial charge in [0, 0.05) is 12.2 Å². The van der Waals surface area contributed by atoms with Crippen LogP contribution in [0.1, 0.15) is 60.1 Å². The van der Waals surface area contributed by atoms with E-state index in [1.807, 2.05) is 31.4 Å². The molecule has 0 aromatic carbocycles. The van der Waals surface area contributed by atoms with E-state index in [-0.39, 0.29) is 34.8 Å². The molecule has 1 aliphatic heterocycles. The minimum Gasteiger partial charge on any atom is -0.462 e. The number of ketones is 1. The van der Waals surface area contributed by atoms with Crippen LogP contribution < -0.4 is 0 Å². The highest BCUT2D eigenvalue weighted by Crippen LogP contribution is 2.34. The van der Waals surface area contributed by atoms with E-state index in [4.69, 9.17) is 20.8 Å². The highest BCUT2D eigenvalue weighted by Gasteiger charge is 2.33. The Balaban J connectivity index is 1.98. The van der Waals surface area contributed by atoms with Gasteiger partial charge in [-0.3, -0.25) is 9.59 Å². The van der Waals surface area contributed by atoms with E-state index in [2.05, 4.69) is 0 Å². The third-order valence-electron chi connectivity index (χ3n) is 4.20. The summed E-state index contributed by atoms with van der Waals surface area (Å²) < 4.78 is 12.5. The van der Waals surface area contributed by atoms with E-state index in [1.54, 1.807) is 12.1 Å². The van der Waals surface area contributed by atoms with E-state index < -0.39 is 0 Å². The number of aromatic nitrogens is 1. The summed E-state index contributed by atoms with van der Waals surface area (Å²) in [6, 6.07) is 5.02. The molecular formula is C18H20ClNO4. The molecule has 0 spiro atoms. The van der Waals surface area contributed by atoms with Crippen LogP contribution >= 0.6 is 11.6 Å². The molecule has 0 amide bonds. The van der Waals surface area contributed by atoms with Crippen LogP contribution in [0.3, 0.4) is 0 Å². The van der Waals surface area contributed by atoms with Crippen molar-refractivity contribution in [2.75, 3.05) is 0 Å². The van der Waals surface area contributed by atoms with Crippen LogP contribution in [0.25, 0.3) is 0 Å². The zero-order valence-corrected chi connectivity index (χ0v) is 14.7. The second-order valence-electron chi connectivity index (χ2n) is 6.37. The first-order valence-corrected chi connectivity index (χ1v) is 8.47. The number of carbonyl (C=O) groups is 2. The monoisotopic (exact) mass is 349 g/mol. The van der Waals surface area contributed by atoms with Crippen molar-refractivity contribution >= 4 is 23.4 Å². The molecule has 3 heterocycles. The average Bonchev–Trinajstić information content (AvgIpc) is 3.08. The number of aryl methyl sites for hydroxylation is 1. The zero-order valence-electron chi connectivity index (χ0n) is 14.0. The maximum atomic E-state index is 12.8. The lowest BCUT2D eigenvalue weighted by molar-refractivity contribution is -0.149. The van der Waals surface area contributed by atoms with Gasteiger partial charge in [-0.1, -0.05) is 0 Å². The van der Waals surface area contributed by atoms with Crippen molar-refractivity contribution in [3.8, 4) is 0 Å². The maximum absolute atomic E-state index is 12.8. The molecular weight excluding hydrogens is 330 g/mol. The first-order chi connectivity index (χ1) is 11.4. The number of rotatable bonds is 4. The lowest BCUT2D eigenvalue weighted by Crippen LogP contribution is -2.27. The Labute approximate surface area is 145 Å². The number of esters is 1. The lowest BCUT2D eigenvalue weighted by Gasteiger charge is -2.25. The third kappa shape index (κ3) is 3.00. The van der Waals surface area contributed by atoms with Gasteiger partial charge in [-0.2, -0.15) is 0 Å².